The molecule has 1 aromatic carbocycles. The number of nitrogens with one attached hydrogen (secondary N) is 1. The molecular formula is C19H24N2O5. The summed E-state index contributed by atoms with van der Waals surface area (Å²) in [4.78, 5) is 37.2. The van der Waals surface area contributed by atoms with Crippen molar-refractivity contribution in [2.45, 2.75) is 32.6 Å². The van der Waals surface area contributed by atoms with Crippen molar-refractivity contribution in [1.29, 1.82) is 0 Å². The van der Waals surface area contributed by atoms with Crippen LogP contribution in [0, 0.1) is 18.8 Å². The zero-order chi connectivity index (χ0) is 18.7. The maximum absolute atomic E-state index is 12.6. The van der Waals surface area contributed by atoms with Gasteiger partial charge in [-0.15, -0.1) is 0 Å². The summed E-state index contributed by atoms with van der Waals surface area (Å²) < 4.78 is 5.14. The second-order valence-corrected chi connectivity index (χ2v) is 7.05. The number of ether oxygens (including phenoxy) is 1. The van der Waals surface area contributed by atoms with Crippen molar-refractivity contribution >= 4 is 23.5 Å². The first kappa shape index (κ1) is 18.2. The minimum absolute atomic E-state index is 0.0828. The number of carbonyl (C=O) groups excluding carboxylic acids is 2. The van der Waals surface area contributed by atoms with Crippen molar-refractivity contribution in [1.82, 2.24) is 4.90 Å². The summed E-state index contributed by atoms with van der Waals surface area (Å²) in [6.07, 6.45) is 3.57. The number of piperidine rings is 1. The lowest BCUT2D eigenvalue weighted by Gasteiger charge is -2.32. The number of rotatable bonds is 6. The Balaban J connectivity index is 1.58. The van der Waals surface area contributed by atoms with Crippen LogP contribution in [0.1, 0.15) is 31.2 Å². The van der Waals surface area contributed by atoms with Gasteiger partial charge in [0.25, 0.3) is 0 Å². The van der Waals surface area contributed by atoms with Gasteiger partial charge in [-0.25, -0.2) is 4.79 Å². The van der Waals surface area contributed by atoms with Crippen LogP contribution in [-0.4, -0.2) is 47.5 Å². The molecular weight excluding hydrogens is 336 g/mol. The van der Waals surface area contributed by atoms with E-state index in [0.29, 0.717) is 18.0 Å². The molecule has 0 bridgehead atoms. The Morgan fingerprint density at radius 1 is 1.23 bits per heavy atom. The van der Waals surface area contributed by atoms with Crippen LogP contribution in [0.2, 0.25) is 0 Å². The molecule has 140 valence electrons. The number of hydrogen-bond acceptors (Lipinski definition) is 4. The molecule has 1 atom stereocenters. The van der Waals surface area contributed by atoms with Crippen molar-refractivity contribution in [3.05, 3.63) is 23.8 Å². The summed E-state index contributed by atoms with van der Waals surface area (Å²) in [5.41, 5.74) is 1.46. The summed E-state index contributed by atoms with van der Waals surface area (Å²) in [5, 5.41) is 11.6. The van der Waals surface area contributed by atoms with Gasteiger partial charge in [-0.3, -0.25) is 9.59 Å². The highest BCUT2D eigenvalue weighted by Crippen LogP contribution is 2.32. The highest BCUT2D eigenvalue weighted by atomic mass is 16.5. The van der Waals surface area contributed by atoms with Gasteiger partial charge in [0.2, 0.25) is 11.8 Å². The molecule has 1 saturated heterocycles. The molecule has 2 aliphatic rings. The molecule has 1 saturated carbocycles. The van der Waals surface area contributed by atoms with Crippen LogP contribution in [0.3, 0.4) is 0 Å². The SMILES string of the molecule is Cc1cc(OCC(=O)O)ccc1NC(=O)C1CCCN(C(=O)C2CC2)C1. The number of amides is 2. The van der Waals surface area contributed by atoms with E-state index >= 15 is 0 Å². The monoisotopic (exact) mass is 360 g/mol. The first-order valence-electron chi connectivity index (χ1n) is 8.99. The smallest absolute Gasteiger partial charge is 0.341 e. The minimum atomic E-state index is -1.04. The number of carbonyl (C=O) groups is 3. The van der Waals surface area contributed by atoms with Gasteiger partial charge in [0.1, 0.15) is 5.75 Å². The van der Waals surface area contributed by atoms with Gasteiger partial charge >= 0.3 is 5.97 Å². The fourth-order valence-corrected chi connectivity index (χ4v) is 3.23. The van der Waals surface area contributed by atoms with E-state index in [-0.39, 0.29) is 23.7 Å². The van der Waals surface area contributed by atoms with Gasteiger partial charge < -0.3 is 20.1 Å². The Kier molecular flexibility index (Phi) is 5.44. The average molecular weight is 360 g/mol. The molecule has 0 spiro atoms. The van der Waals surface area contributed by atoms with E-state index in [1.165, 1.54) is 0 Å². The third kappa shape index (κ3) is 4.53. The van der Waals surface area contributed by atoms with E-state index < -0.39 is 12.6 Å². The topological polar surface area (TPSA) is 95.9 Å². The highest BCUT2D eigenvalue weighted by molar-refractivity contribution is 5.94. The first-order chi connectivity index (χ1) is 12.4. The number of carboxylic acids is 1. The van der Waals surface area contributed by atoms with E-state index in [2.05, 4.69) is 5.32 Å². The summed E-state index contributed by atoms with van der Waals surface area (Å²) in [7, 11) is 0. The van der Waals surface area contributed by atoms with Crippen molar-refractivity contribution in [3.8, 4) is 5.75 Å². The average Bonchev–Trinajstić information content (AvgIpc) is 3.46. The number of likely N-dealkylation sites (tertiary alicyclic amines) is 1. The van der Waals surface area contributed by atoms with E-state index in [4.69, 9.17) is 9.84 Å². The lowest BCUT2D eigenvalue weighted by Crippen LogP contribution is -2.44. The maximum atomic E-state index is 12.6. The molecule has 7 nitrogen and oxygen atoms in total. The largest absolute Gasteiger partial charge is 0.482 e. The van der Waals surface area contributed by atoms with Gasteiger partial charge in [-0.1, -0.05) is 0 Å². The Morgan fingerprint density at radius 2 is 2.00 bits per heavy atom. The van der Waals surface area contributed by atoms with Crippen molar-refractivity contribution in [2.24, 2.45) is 11.8 Å². The molecule has 1 unspecified atom stereocenters. The second-order valence-electron chi connectivity index (χ2n) is 7.05. The molecule has 7 heteroatoms. The van der Waals surface area contributed by atoms with Crippen LogP contribution in [0.15, 0.2) is 18.2 Å². The fraction of sp³-hybridized carbons (Fsp3) is 0.526. The lowest BCUT2D eigenvalue weighted by molar-refractivity contribution is -0.139. The molecule has 1 heterocycles. The quantitative estimate of drug-likeness (QED) is 0.809. The molecule has 2 fully saturated rings. The van der Waals surface area contributed by atoms with Crippen LogP contribution >= 0.6 is 0 Å². The number of hydrogen-bond donors (Lipinski definition) is 2. The molecule has 0 radical (unpaired) electrons. The number of carboxylic acid groups (broad SMARTS) is 1. The van der Waals surface area contributed by atoms with E-state index in [0.717, 1.165) is 37.8 Å². The summed E-state index contributed by atoms with van der Waals surface area (Å²) in [6, 6.07) is 5.04. The zero-order valence-corrected chi connectivity index (χ0v) is 14.9. The number of aliphatic carboxylic acids is 1. The van der Waals surface area contributed by atoms with Crippen LogP contribution in [0.5, 0.6) is 5.75 Å². The predicted octanol–water partition coefficient (Wildman–Crippen LogP) is 2.05. The van der Waals surface area contributed by atoms with Crippen molar-refractivity contribution in [2.75, 3.05) is 25.0 Å². The maximum Gasteiger partial charge on any atom is 0.341 e. The van der Waals surface area contributed by atoms with E-state index in [1.54, 1.807) is 18.2 Å². The molecule has 2 N–H and O–H groups in total. The Labute approximate surface area is 152 Å². The lowest BCUT2D eigenvalue weighted by atomic mass is 9.96. The normalized spacial score (nSPS) is 19.7. The van der Waals surface area contributed by atoms with Crippen LogP contribution in [-0.2, 0) is 14.4 Å². The second kappa shape index (κ2) is 7.76. The molecule has 2 amide bonds. The van der Waals surface area contributed by atoms with Gasteiger partial charge in [-0.05, 0) is 56.4 Å². The van der Waals surface area contributed by atoms with Crippen molar-refractivity contribution in [3.63, 3.8) is 0 Å². The predicted molar refractivity (Wildman–Crippen MR) is 95.0 cm³/mol. The van der Waals surface area contributed by atoms with Gasteiger partial charge in [0.05, 0.1) is 5.92 Å². The number of anilines is 1. The molecule has 0 aromatic heterocycles. The number of aryl methyl sites for hydroxylation is 1. The van der Waals surface area contributed by atoms with Crippen molar-refractivity contribution < 1.29 is 24.2 Å². The summed E-state index contributed by atoms with van der Waals surface area (Å²) >= 11 is 0. The minimum Gasteiger partial charge on any atom is -0.482 e. The third-order valence-corrected chi connectivity index (χ3v) is 4.85. The Hall–Kier alpha value is -2.57. The van der Waals surface area contributed by atoms with Crippen LogP contribution in [0.4, 0.5) is 5.69 Å². The van der Waals surface area contributed by atoms with Crippen LogP contribution in [0.25, 0.3) is 0 Å². The number of nitrogens with zero attached hydrogens (tertiary/aromatic N) is 1. The molecule has 3 rings (SSSR count). The summed E-state index contributed by atoms with van der Waals surface area (Å²) in [6.45, 7) is 2.65. The van der Waals surface area contributed by atoms with Crippen LogP contribution < -0.4 is 10.1 Å². The van der Waals surface area contributed by atoms with Gasteiger partial charge in [0.15, 0.2) is 6.61 Å². The first-order valence-corrected chi connectivity index (χ1v) is 8.99. The van der Waals surface area contributed by atoms with E-state index in [9.17, 15) is 14.4 Å². The number of benzene rings is 1. The highest BCUT2D eigenvalue weighted by Gasteiger charge is 2.36. The van der Waals surface area contributed by atoms with Gasteiger partial charge in [-0.2, -0.15) is 0 Å². The Morgan fingerprint density at radius 3 is 2.65 bits per heavy atom. The summed E-state index contributed by atoms with van der Waals surface area (Å²) in [5.74, 6) is -0.505. The van der Waals surface area contributed by atoms with E-state index in [1.807, 2.05) is 11.8 Å². The standard InChI is InChI=1S/C19H24N2O5/c1-12-9-15(26-11-17(22)23)6-7-16(12)20-18(24)14-3-2-8-21(10-14)19(25)13-4-5-13/h6-7,9,13-14H,2-5,8,10-11H2,1H3,(H,20,24)(H,22,23). The molecule has 1 aromatic rings. The molecule has 26 heavy (non-hydrogen) atoms. The molecule has 1 aliphatic carbocycles. The zero-order valence-electron chi connectivity index (χ0n) is 14.9. The third-order valence-electron chi connectivity index (χ3n) is 4.85. The van der Waals surface area contributed by atoms with Gasteiger partial charge in [0, 0.05) is 24.7 Å². The Bertz CT molecular complexity index is 714. The fourth-order valence-electron chi connectivity index (χ4n) is 3.23. The molecule has 1 aliphatic heterocycles.